The smallest absolute Gasteiger partial charge is 0.248 e. The number of amides is 1. The van der Waals surface area contributed by atoms with Gasteiger partial charge in [0.2, 0.25) is 5.91 Å². The van der Waals surface area contributed by atoms with Crippen LogP contribution in [0.2, 0.25) is 0 Å². The number of hydrogen-bond acceptors (Lipinski definition) is 2. The fourth-order valence-electron chi connectivity index (χ4n) is 1.52. The van der Waals surface area contributed by atoms with Crippen LogP contribution in [0.3, 0.4) is 0 Å². The summed E-state index contributed by atoms with van der Waals surface area (Å²) in [6.07, 6.45) is 6.33. The van der Waals surface area contributed by atoms with Gasteiger partial charge in [-0.05, 0) is 32.1 Å². The van der Waals surface area contributed by atoms with Crippen molar-refractivity contribution in [3.63, 3.8) is 0 Å². The Bertz CT molecular complexity index is 153. The van der Waals surface area contributed by atoms with Crippen LogP contribution in [0.4, 0.5) is 0 Å². The van der Waals surface area contributed by atoms with Crippen molar-refractivity contribution in [3.05, 3.63) is 6.42 Å². The van der Waals surface area contributed by atoms with Crippen molar-refractivity contribution in [3.8, 4) is 0 Å². The van der Waals surface area contributed by atoms with Gasteiger partial charge in [-0.1, -0.05) is 0 Å². The molecular weight excluding hydrogens is 154 g/mol. The molecule has 0 aliphatic heterocycles. The number of nitrogens with zero attached hydrogens (tertiary/aromatic N) is 1. The van der Waals surface area contributed by atoms with Crippen LogP contribution in [-0.2, 0) is 9.63 Å². The molecule has 1 rings (SSSR count). The van der Waals surface area contributed by atoms with E-state index in [-0.39, 0.29) is 11.8 Å². The minimum Gasteiger partial charge on any atom is -0.275 e. The lowest BCUT2D eigenvalue weighted by Gasteiger charge is -2.24. The molecule has 0 N–H and O–H groups in total. The highest BCUT2D eigenvalue weighted by atomic mass is 16.7. The molecule has 1 saturated carbocycles. The zero-order chi connectivity index (χ0) is 8.97. The summed E-state index contributed by atoms with van der Waals surface area (Å²) in [7, 11) is 3.19. The Balaban J connectivity index is 2.39. The maximum absolute atomic E-state index is 11.5. The highest BCUT2D eigenvalue weighted by molar-refractivity contribution is 5.77. The quantitative estimate of drug-likeness (QED) is 0.586. The molecule has 12 heavy (non-hydrogen) atoms. The van der Waals surface area contributed by atoms with Gasteiger partial charge in [-0.15, -0.1) is 0 Å². The van der Waals surface area contributed by atoms with Crippen molar-refractivity contribution in [2.24, 2.45) is 5.92 Å². The zero-order valence-electron chi connectivity index (χ0n) is 7.75. The summed E-state index contributed by atoms with van der Waals surface area (Å²) >= 11 is 0. The molecule has 0 aromatic heterocycles. The number of hydrogen-bond donors (Lipinski definition) is 0. The molecule has 3 heteroatoms. The summed E-state index contributed by atoms with van der Waals surface area (Å²) in [6, 6.07) is 0. The SMILES string of the molecule is CON(C)C(=O)C1CC[CH]CC1. The van der Waals surface area contributed by atoms with Crippen molar-refractivity contribution in [1.82, 2.24) is 5.06 Å². The van der Waals surface area contributed by atoms with E-state index in [9.17, 15) is 4.79 Å². The summed E-state index contributed by atoms with van der Waals surface area (Å²) in [5.41, 5.74) is 0. The highest BCUT2D eigenvalue weighted by Crippen LogP contribution is 2.24. The monoisotopic (exact) mass is 170 g/mol. The maximum atomic E-state index is 11.5. The standard InChI is InChI=1S/C9H16NO2/c1-10(12-2)9(11)8-6-4-3-5-7-8/h3,8H,4-7H2,1-2H3. The molecule has 1 aliphatic rings. The fraction of sp³-hybridized carbons (Fsp3) is 0.778. The van der Waals surface area contributed by atoms with Gasteiger partial charge in [0.15, 0.2) is 0 Å². The number of hydroxylamine groups is 2. The second kappa shape index (κ2) is 4.45. The van der Waals surface area contributed by atoms with Gasteiger partial charge in [0.1, 0.15) is 0 Å². The first-order valence-electron chi connectivity index (χ1n) is 4.39. The van der Waals surface area contributed by atoms with Crippen LogP contribution in [-0.4, -0.2) is 25.1 Å². The van der Waals surface area contributed by atoms with E-state index in [0.29, 0.717) is 0 Å². The van der Waals surface area contributed by atoms with E-state index in [1.807, 2.05) is 0 Å². The van der Waals surface area contributed by atoms with Gasteiger partial charge < -0.3 is 0 Å². The summed E-state index contributed by atoms with van der Waals surface area (Å²) in [5, 5.41) is 1.33. The van der Waals surface area contributed by atoms with Crippen LogP contribution in [0.1, 0.15) is 25.7 Å². The average molecular weight is 170 g/mol. The van der Waals surface area contributed by atoms with E-state index in [1.54, 1.807) is 7.05 Å². The molecule has 1 radical (unpaired) electrons. The molecular formula is C9H16NO2. The molecule has 0 bridgehead atoms. The molecule has 1 fully saturated rings. The third kappa shape index (κ3) is 2.21. The summed E-state index contributed by atoms with van der Waals surface area (Å²) < 4.78 is 0. The van der Waals surface area contributed by atoms with Crippen molar-refractivity contribution in [2.75, 3.05) is 14.2 Å². The maximum Gasteiger partial charge on any atom is 0.248 e. The first-order valence-corrected chi connectivity index (χ1v) is 4.39. The van der Waals surface area contributed by atoms with E-state index in [1.165, 1.54) is 12.2 Å². The minimum atomic E-state index is 0.116. The number of carbonyl (C=O) groups is 1. The Hall–Kier alpha value is -0.570. The minimum absolute atomic E-state index is 0.116. The lowest BCUT2D eigenvalue weighted by atomic mass is 9.89. The molecule has 0 spiro atoms. The van der Waals surface area contributed by atoms with Crippen LogP contribution in [0.25, 0.3) is 0 Å². The van der Waals surface area contributed by atoms with Gasteiger partial charge in [0.25, 0.3) is 0 Å². The third-order valence-electron chi connectivity index (χ3n) is 2.37. The zero-order valence-corrected chi connectivity index (χ0v) is 7.75. The lowest BCUT2D eigenvalue weighted by molar-refractivity contribution is -0.174. The first-order chi connectivity index (χ1) is 5.75. The van der Waals surface area contributed by atoms with Crippen molar-refractivity contribution in [1.29, 1.82) is 0 Å². The van der Waals surface area contributed by atoms with E-state index < -0.39 is 0 Å². The third-order valence-corrected chi connectivity index (χ3v) is 2.37. The Morgan fingerprint density at radius 2 is 2.08 bits per heavy atom. The molecule has 1 amide bonds. The predicted molar refractivity (Wildman–Crippen MR) is 46.0 cm³/mol. The van der Waals surface area contributed by atoms with Gasteiger partial charge in [0, 0.05) is 13.0 Å². The molecule has 0 saturated heterocycles. The largest absolute Gasteiger partial charge is 0.275 e. The van der Waals surface area contributed by atoms with Crippen molar-refractivity contribution >= 4 is 5.91 Å². The normalized spacial score (nSPS) is 19.2. The van der Waals surface area contributed by atoms with Crippen LogP contribution < -0.4 is 0 Å². The Morgan fingerprint density at radius 3 is 2.58 bits per heavy atom. The molecule has 0 heterocycles. The molecule has 0 atom stereocenters. The Kier molecular flexibility index (Phi) is 3.53. The average Bonchev–Trinajstić information content (AvgIpc) is 2.17. The fourth-order valence-corrected chi connectivity index (χ4v) is 1.52. The van der Waals surface area contributed by atoms with Crippen LogP contribution >= 0.6 is 0 Å². The van der Waals surface area contributed by atoms with Gasteiger partial charge in [-0.2, -0.15) is 0 Å². The van der Waals surface area contributed by atoms with Gasteiger partial charge in [0.05, 0.1) is 7.11 Å². The first kappa shape index (κ1) is 9.52. The summed E-state index contributed by atoms with van der Waals surface area (Å²) in [4.78, 5) is 16.4. The second-order valence-corrected chi connectivity index (χ2v) is 3.16. The predicted octanol–water partition coefficient (Wildman–Crippen LogP) is 1.40. The molecule has 1 aliphatic carbocycles. The van der Waals surface area contributed by atoms with Crippen LogP contribution in [0, 0.1) is 12.3 Å². The molecule has 0 aromatic rings. The van der Waals surface area contributed by atoms with E-state index >= 15 is 0 Å². The summed E-state index contributed by atoms with van der Waals surface area (Å²) in [6.45, 7) is 0. The molecule has 3 nitrogen and oxygen atoms in total. The molecule has 0 unspecified atom stereocenters. The van der Waals surface area contributed by atoms with Gasteiger partial charge in [-0.3, -0.25) is 9.63 Å². The van der Waals surface area contributed by atoms with Crippen LogP contribution in [0.15, 0.2) is 0 Å². The van der Waals surface area contributed by atoms with Gasteiger partial charge in [-0.25, -0.2) is 5.06 Å². The Morgan fingerprint density at radius 1 is 1.50 bits per heavy atom. The van der Waals surface area contributed by atoms with E-state index in [4.69, 9.17) is 4.84 Å². The van der Waals surface area contributed by atoms with E-state index in [0.717, 1.165) is 25.7 Å². The second-order valence-electron chi connectivity index (χ2n) is 3.16. The highest BCUT2D eigenvalue weighted by Gasteiger charge is 2.23. The van der Waals surface area contributed by atoms with Crippen LogP contribution in [0.5, 0.6) is 0 Å². The van der Waals surface area contributed by atoms with Crippen molar-refractivity contribution < 1.29 is 9.63 Å². The summed E-state index contributed by atoms with van der Waals surface area (Å²) in [5.74, 6) is 0.297. The lowest BCUT2D eigenvalue weighted by Crippen LogP contribution is -2.33. The van der Waals surface area contributed by atoms with Gasteiger partial charge >= 0.3 is 0 Å². The molecule has 69 valence electrons. The number of carbonyl (C=O) groups excluding carboxylic acids is 1. The van der Waals surface area contributed by atoms with Crippen molar-refractivity contribution in [2.45, 2.75) is 25.7 Å². The topological polar surface area (TPSA) is 29.5 Å². The number of rotatable bonds is 2. The molecule has 0 aromatic carbocycles. The Labute approximate surface area is 73.6 Å². The van der Waals surface area contributed by atoms with E-state index in [2.05, 4.69) is 6.42 Å².